The summed E-state index contributed by atoms with van der Waals surface area (Å²) in [4.78, 5) is 18.2. The van der Waals surface area contributed by atoms with Crippen LogP contribution in [0.1, 0.15) is 36.9 Å². The zero-order valence-electron chi connectivity index (χ0n) is 11.7. The minimum atomic E-state index is 0.282. The number of hydrogen-bond acceptors (Lipinski definition) is 3. The maximum absolute atomic E-state index is 11.9. The Balaban J connectivity index is 1.63. The maximum atomic E-state index is 11.9. The fourth-order valence-electron chi connectivity index (χ4n) is 2.32. The van der Waals surface area contributed by atoms with E-state index in [9.17, 15) is 4.79 Å². The number of rotatable bonds is 5. The first-order chi connectivity index (χ1) is 9.25. The molecule has 0 aliphatic carbocycles. The molecule has 4 heteroatoms. The van der Waals surface area contributed by atoms with E-state index in [4.69, 9.17) is 0 Å². The third kappa shape index (κ3) is 4.63. The largest absolute Gasteiger partial charge is 0.343 e. The van der Waals surface area contributed by atoms with Gasteiger partial charge < -0.3 is 10.2 Å². The second-order valence-electron chi connectivity index (χ2n) is 5.20. The number of carbonyl (C=O) groups is 1. The van der Waals surface area contributed by atoms with E-state index in [0.717, 1.165) is 44.7 Å². The molecule has 4 nitrogen and oxygen atoms in total. The molecule has 1 aromatic heterocycles. The Morgan fingerprint density at radius 3 is 2.79 bits per heavy atom. The summed E-state index contributed by atoms with van der Waals surface area (Å²) in [7, 11) is 0. The number of nitrogens with one attached hydrogen (secondary N) is 1. The molecule has 0 aromatic carbocycles. The molecule has 1 amide bonds. The highest BCUT2D eigenvalue weighted by Gasteiger charge is 2.15. The van der Waals surface area contributed by atoms with Gasteiger partial charge in [0.2, 0.25) is 5.91 Å². The van der Waals surface area contributed by atoms with Crippen molar-refractivity contribution in [3.63, 3.8) is 0 Å². The Morgan fingerprint density at radius 1 is 1.32 bits per heavy atom. The van der Waals surface area contributed by atoms with Crippen LogP contribution in [0.2, 0.25) is 0 Å². The molecule has 2 rings (SSSR count). The second-order valence-corrected chi connectivity index (χ2v) is 5.20. The monoisotopic (exact) mass is 261 g/mol. The van der Waals surface area contributed by atoms with Gasteiger partial charge in [-0.25, -0.2) is 0 Å². The van der Waals surface area contributed by atoms with Crippen LogP contribution in [0, 0.1) is 6.92 Å². The molecular weight excluding hydrogens is 238 g/mol. The summed E-state index contributed by atoms with van der Waals surface area (Å²) in [5.41, 5.74) is 2.19. The lowest BCUT2D eigenvalue weighted by Gasteiger charge is -2.26. The number of pyridine rings is 1. The van der Waals surface area contributed by atoms with Crippen LogP contribution in [0.4, 0.5) is 0 Å². The maximum Gasteiger partial charge on any atom is 0.223 e. The summed E-state index contributed by atoms with van der Waals surface area (Å²) in [6.07, 6.45) is 6.04. The van der Waals surface area contributed by atoms with Gasteiger partial charge in [-0.3, -0.25) is 9.78 Å². The highest BCUT2D eigenvalue weighted by molar-refractivity contribution is 5.76. The molecular formula is C15H23N3O. The van der Waals surface area contributed by atoms with Crippen molar-refractivity contribution in [3.05, 3.63) is 29.6 Å². The van der Waals surface area contributed by atoms with Crippen molar-refractivity contribution in [2.24, 2.45) is 0 Å². The van der Waals surface area contributed by atoms with Gasteiger partial charge in [-0.2, -0.15) is 0 Å². The number of likely N-dealkylation sites (tertiary alicyclic amines) is 1. The average molecular weight is 261 g/mol. The number of carbonyl (C=O) groups excluding carboxylic acids is 1. The van der Waals surface area contributed by atoms with E-state index in [0.29, 0.717) is 6.42 Å². The minimum Gasteiger partial charge on any atom is -0.343 e. The van der Waals surface area contributed by atoms with Crippen molar-refractivity contribution in [1.82, 2.24) is 15.2 Å². The topological polar surface area (TPSA) is 45.2 Å². The zero-order valence-corrected chi connectivity index (χ0v) is 11.7. The predicted molar refractivity (Wildman–Crippen MR) is 75.7 cm³/mol. The molecule has 19 heavy (non-hydrogen) atoms. The fraction of sp³-hybridized carbons (Fsp3) is 0.600. The van der Waals surface area contributed by atoms with Gasteiger partial charge in [0.15, 0.2) is 0 Å². The first-order valence-corrected chi connectivity index (χ1v) is 7.16. The quantitative estimate of drug-likeness (QED) is 0.823. The fourth-order valence-corrected chi connectivity index (χ4v) is 2.32. The molecule has 0 saturated carbocycles. The molecule has 2 heterocycles. The smallest absolute Gasteiger partial charge is 0.223 e. The van der Waals surface area contributed by atoms with Crippen molar-refractivity contribution in [2.45, 2.75) is 39.2 Å². The Kier molecular flexibility index (Phi) is 5.33. The van der Waals surface area contributed by atoms with Crippen molar-refractivity contribution in [2.75, 3.05) is 19.6 Å². The van der Waals surface area contributed by atoms with Gasteiger partial charge in [0.05, 0.1) is 5.69 Å². The summed E-state index contributed by atoms with van der Waals surface area (Å²) >= 11 is 0. The molecule has 104 valence electrons. The van der Waals surface area contributed by atoms with Gasteiger partial charge in [-0.1, -0.05) is 6.07 Å². The minimum absolute atomic E-state index is 0.282. The number of piperidine rings is 1. The molecule has 1 aliphatic heterocycles. The lowest BCUT2D eigenvalue weighted by atomic mass is 10.1. The van der Waals surface area contributed by atoms with Crippen LogP contribution in [0.3, 0.4) is 0 Å². The number of aryl methyl sites for hydroxylation is 1. The summed E-state index contributed by atoms with van der Waals surface area (Å²) in [5, 5.41) is 3.28. The highest BCUT2D eigenvalue weighted by Crippen LogP contribution is 2.09. The number of amides is 1. The van der Waals surface area contributed by atoms with Crippen LogP contribution >= 0.6 is 0 Å². The Morgan fingerprint density at radius 2 is 2.11 bits per heavy atom. The van der Waals surface area contributed by atoms with Crippen molar-refractivity contribution in [1.29, 1.82) is 0 Å². The molecule has 1 aliphatic rings. The standard InChI is InChI=1S/C15H23N3O/c1-13-5-6-14(17-11-13)12-16-8-7-15(19)18-9-3-2-4-10-18/h5-6,11,16H,2-4,7-10,12H2,1H3. The van der Waals surface area contributed by atoms with Gasteiger partial charge >= 0.3 is 0 Å². The third-order valence-corrected chi connectivity index (χ3v) is 3.50. The van der Waals surface area contributed by atoms with Crippen LogP contribution in [0.5, 0.6) is 0 Å². The summed E-state index contributed by atoms with van der Waals surface area (Å²) in [6.45, 7) is 5.37. The average Bonchev–Trinajstić information content (AvgIpc) is 2.46. The first-order valence-electron chi connectivity index (χ1n) is 7.16. The predicted octanol–water partition coefficient (Wildman–Crippen LogP) is 1.88. The van der Waals surface area contributed by atoms with E-state index in [1.165, 1.54) is 12.0 Å². The van der Waals surface area contributed by atoms with E-state index >= 15 is 0 Å². The number of aromatic nitrogens is 1. The molecule has 0 bridgehead atoms. The van der Waals surface area contributed by atoms with E-state index in [1.54, 1.807) is 0 Å². The Labute approximate surface area is 115 Å². The van der Waals surface area contributed by atoms with E-state index in [1.807, 2.05) is 24.1 Å². The first kappa shape index (κ1) is 14.0. The van der Waals surface area contributed by atoms with Gasteiger partial charge in [0, 0.05) is 38.8 Å². The van der Waals surface area contributed by atoms with Crippen LogP contribution < -0.4 is 5.32 Å². The Bertz CT molecular complexity index is 396. The molecule has 1 saturated heterocycles. The zero-order chi connectivity index (χ0) is 13.5. The SMILES string of the molecule is Cc1ccc(CNCCC(=O)N2CCCCC2)nc1. The van der Waals surface area contributed by atoms with Crippen molar-refractivity contribution in [3.8, 4) is 0 Å². The molecule has 0 unspecified atom stereocenters. The third-order valence-electron chi connectivity index (χ3n) is 3.50. The van der Waals surface area contributed by atoms with Crippen LogP contribution in [-0.4, -0.2) is 35.4 Å². The van der Waals surface area contributed by atoms with Crippen LogP contribution in [0.15, 0.2) is 18.3 Å². The summed E-state index contributed by atoms with van der Waals surface area (Å²) in [6, 6.07) is 4.08. The van der Waals surface area contributed by atoms with E-state index in [-0.39, 0.29) is 5.91 Å². The number of nitrogens with zero attached hydrogens (tertiary/aromatic N) is 2. The molecule has 1 aromatic rings. The van der Waals surface area contributed by atoms with E-state index < -0.39 is 0 Å². The molecule has 1 N–H and O–H groups in total. The van der Waals surface area contributed by atoms with Gasteiger partial charge in [0.1, 0.15) is 0 Å². The lowest BCUT2D eigenvalue weighted by Crippen LogP contribution is -2.37. The molecule has 0 radical (unpaired) electrons. The number of hydrogen-bond donors (Lipinski definition) is 1. The van der Waals surface area contributed by atoms with Crippen molar-refractivity contribution >= 4 is 5.91 Å². The summed E-state index contributed by atoms with van der Waals surface area (Å²) in [5.74, 6) is 0.282. The lowest BCUT2D eigenvalue weighted by molar-refractivity contribution is -0.131. The second kappa shape index (κ2) is 7.24. The van der Waals surface area contributed by atoms with Crippen LogP contribution in [-0.2, 0) is 11.3 Å². The van der Waals surface area contributed by atoms with Crippen LogP contribution in [0.25, 0.3) is 0 Å². The Hall–Kier alpha value is -1.42. The van der Waals surface area contributed by atoms with Crippen molar-refractivity contribution < 1.29 is 4.79 Å². The highest BCUT2D eigenvalue weighted by atomic mass is 16.2. The summed E-state index contributed by atoms with van der Waals surface area (Å²) < 4.78 is 0. The van der Waals surface area contributed by atoms with E-state index in [2.05, 4.69) is 16.4 Å². The van der Waals surface area contributed by atoms with Gasteiger partial charge in [-0.15, -0.1) is 0 Å². The molecule has 0 atom stereocenters. The molecule has 0 spiro atoms. The molecule has 1 fully saturated rings. The normalized spacial score (nSPS) is 15.5. The van der Waals surface area contributed by atoms with Gasteiger partial charge in [-0.05, 0) is 37.8 Å². The van der Waals surface area contributed by atoms with Gasteiger partial charge in [0.25, 0.3) is 0 Å².